The molecule has 3 N–H and O–H groups in total. The summed E-state index contributed by atoms with van der Waals surface area (Å²) in [6.45, 7) is 5.52. The van der Waals surface area contributed by atoms with Gasteiger partial charge >= 0.3 is 0 Å². The molecule has 1 aliphatic rings. The number of amidine groups is 1. The predicted octanol–water partition coefficient (Wildman–Crippen LogP) is 1.80. The molecule has 104 valence electrons. The minimum atomic E-state index is 0.0614. The van der Waals surface area contributed by atoms with Crippen LogP contribution in [-0.4, -0.2) is 34.0 Å². The molecular weight excluding hydrogens is 240 g/mol. The monoisotopic (exact) mass is 262 g/mol. The summed E-state index contributed by atoms with van der Waals surface area (Å²) in [6, 6.07) is 3.88. The van der Waals surface area contributed by atoms with Crippen molar-refractivity contribution in [1.29, 1.82) is 0 Å². The van der Waals surface area contributed by atoms with Gasteiger partial charge in [0.05, 0.1) is 0 Å². The summed E-state index contributed by atoms with van der Waals surface area (Å²) in [5.74, 6) is 0.890. The number of pyridine rings is 1. The second kappa shape index (κ2) is 6.52. The van der Waals surface area contributed by atoms with Crippen molar-refractivity contribution in [3.05, 3.63) is 29.6 Å². The number of aromatic nitrogens is 1. The first-order valence-corrected chi connectivity index (χ1v) is 6.84. The highest BCUT2D eigenvalue weighted by Crippen LogP contribution is 2.18. The molecule has 2 heterocycles. The Morgan fingerprint density at radius 3 is 3.16 bits per heavy atom. The summed E-state index contributed by atoms with van der Waals surface area (Å²) in [5, 5.41) is 11.7. The molecular formula is C14H22N4O. The lowest BCUT2D eigenvalue weighted by Crippen LogP contribution is -2.24. The van der Waals surface area contributed by atoms with Gasteiger partial charge in [0.1, 0.15) is 5.69 Å². The molecule has 1 fully saturated rings. The molecule has 1 saturated heterocycles. The van der Waals surface area contributed by atoms with E-state index in [-0.39, 0.29) is 5.84 Å². The normalized spacial score (nSPS) is 22.2. The van der Waals surface area contributed by atoms with Gasteiger partial charge in [-0.15, -0.1) is 0 Å². The van der Waals surface area contributed by atoms with Crippen LogP contribution in [0.1, 0.15) is 37.4 Å². The summed E-state index contributed by atoms with van der Waals surface area (Å²) in [4.78, 5) is 6.57. The Hall–Kier alpha value is -1.62. The average Bonchev–Trinajstić information content (AvgIpc) is 2.63. The Balaban J connectivity index is 2.02. The summed E-state index contributed by atoms with van der Waals surface area (Å²) in [5.41, 5.74) is 7.25. The molecule has 1 aliphatic heterocycles. The Morgan fingerprint density at radius 2 is 2.37 bits per heavy atom. The molecule has 5 heteroatoms. The van der Waals surface area contributed by atoms with E-state index in [0.29, 0.717) is 5.69 Å². The van der Waals surface area contributed by atoms with E-state index < -0.39 is 0 Å². The molecule has 0 spiro atoms. The number of rotatable bonds is 3. The van der Waals surface area contributed by atoms with Gasteiger partial charge in [-0.25, -0.2) is 0 Å². The minimum absolute atomic E-state index is 0.0614. The third-order valence-corrected chi connectivity index (χ3v) is 3.71. The van der Waals surface area contributed by atoms with E-state index >= 15 is 0 Å². The van der Waals surface area contributed by atoms with Crippen LogP contribution < -0.4 is 5.73 Å². The van der Waals surface area contributed by atoms with Crippen LogP contribution in [0, 0.1) is 5.92 Å². The first-order chi connectivity index (χ1) is 9.19. The van der Waals surface area contributed by atoms with Gasteiger partial charge in [-0.2, -0.15) is 0 Å². The lowest BCUT2D eigenvalue weighted by Gasteiger charge is -2.20. The van der Waals surface area contributed by atoms with Crippen LogP contribution >= 0.6 is 0 Å². The average molecular weight is 262 g/mol. The molecule has 1 atom stereocenters. The summed E-state index contributed by atoms with van der Waals surface area (Å²) in [7, 11) is 0. The van der Waals surface area contributed by atoms with Gasteiger partial charge < -0.3 is 10.9 Å². The SMILES string of the molecule is CC1CCCN(Cc2ccnc(C(N)=NO)c2)CC1. The first-order valence-electron chi connectivity index (χ1n) is 6.84. The molecule has 0 radical (unpaired) electrons. The molecule has 1 aromatic heterocycles. The Bertz CT molecular complexity index is 447. The van der Waals surface area contributed by atoms with Crippen molar-refractivity contribution < 1.29 is 5.21 Å². The van der Waals surface area contributed by atoms with Crippen LogP contribution in [0.25, 0.3) is 0 Å². The standard InChI is InChI=1S/C14H22N4O/c1-11-3-2-7-18(8-5-11)10-12-4-6-16-13(9-12)14(15)17-19/h4,6,9,11,19H,2-3,5,7-8,10H2,1H3,(H2,15,17). The summed E-state index contributed by atoms with van der Waals surface area (Å²) >= 11 is 0. The molecule has 1 unspecified atom stereocenters. The van der Waals surface area contributed by atoms with Gasteiger partial charge in [-0.3, -0.25) is 9.88 Å². The molecule has 0 aromatic carbocycles. The van der Waals surface area contributed by atoms with Gasteiger partial charge in [0.15, 0.2) is 5.84 Å². The van der Waals surface area contributed by atoms with Crippen molar-refractivity contribution in [1.82, 2.24) is 9.88 Å². The molecule has 1 aromatic rings. The maximum Gasteiger partial charge on any atom is 0.188 e. The summed E-state index contributed by atoms with van der Waals surface area (Å²) < 4.78 is 0. The zero-order valence-electron chi connectivity index (χ0n) is 11.4. The molecule has 0 saturated carbocycles. The van der Waals surface area contributed by atoms with Gasteiger partial charge in [0.25, 0.3) is 0 Å². The van der Waals surface area contributed by atoms with E-state index in [1.54, 1.807) is 6.20 Å². The quantitative estimate of drug-likeness (QED) is 0.377. The molecule has 2 rings (SSSR count). The molecule has 0 aliphatic carbocycles. The number of hydrogen-bond acceptors (Lipinski definition) is 4. The smallest absolute Gasteiger partial charge is 0.188 e. The van der Waals surface area contributed by atoms with Crippen molar-refractivity contribution in [3.8, 4) is 0 Å². The first kappa shape index (κ1) is 13.8. The van der Waals surface area contributed by atoms with Gasteiger partial charge in [-0.1, -0.05) is 12.1 Å². The zero-order chi connectivity index (χ0) is 13.7. The van der Waals surface area contributed by atoms with Crippen molar-refractivity contribution in [2.45, 2.75) is 32.7 Å². The van der Waals surface area contributed by atoms with Crippen LogP contribution in [-0.2, 0) is 6.54 Å². The fourth-order valence-corrected chi connectivity index (χ4v) is 2.50. The second-order valence-electron chi connectivity index (χ2n) is 5.35. The molecule has 0 amide bonds. The summed E-state index contributed by atoms with van der Waals surface area (Å²) in [6.07, 6.45) is 5.56. The molecule has 0 bridgehead atoms. The minimum Gasteiger partial charge on any atom is -0.409 e. The third kappa shape index (κ3) is 3.92. The highest BCUT2D eigenvalue weighted by molar-refractivity contribution is 5.95. The highest BCUT2D eigenvalue weighted by atomic mass is 16.4. The van der Waals surface area contributed by atoms with Gasteiger partial charge in [-0.05, 0) is 56.0 Å². The zero-order valence-corrected chi connectivity index (χ0v) is 11.4. The number of hydrogen-bond donors (Lipinski definition) is 2. The maximum atomic E-state index is 8.68. The van der Waals surface area contributed by atoms with Crippen LogP contribution in [0.3, 0.4) is 0 Å². The van der Waals surface area contributed by atoms with Crippen LogP contribution in [0.5, 0.6) is 0 Å². The van der Waals surface area contributed by atoms with Crippen LogP contribution in [0.4, 0.5) is 0 Å². The van der Waals surface area contributed by atoms with Crippen molar-refractivity contribution in [2.75, 3.05) is 13.1 Å². The number of nitrogens with zero attached hydrogens (tertiary/aromatic N) is 3. The Kier molecular flexibility index (Phi) is 4.74. The predicted molar refractivity (Wildman–Crippen MR) is 75.0 cm³/mol. The number of likely N-dealkylation sites (tertiary alicyclic amines) is 1. The largest absolute Gasteiger partial charge is 0.409 e. The maximum absolute atomic E-state index is 8.68. The number of oxime groups is 1. The van der Waals surface area contributed by atoms with Gasteiger partial charge in [0.2, 0.25) is 0 Å². The fourth-order valence-electron chi connectivity index (χ4n) is 2.50. The molecule has 5 nitrogen and oxygen atoms in total. The van der Waals surface area contributed by atoms with Gasteiger partial charge in [0, 0.05) is 12.7 Å². The van der Waals surface area contributed by atoms with E-state index in [9.17, 15) is 0 Å². The van der Waals surface area contributed by atoms with E-state index in [1.807, 2.05) is 12.1 Å². The topological polar surface area (TPSA) is 74.7 Å². The lowest BCUT2D eigenvalue weighted by molar-refractivity contribution is 0.273. The van der Waals surface area contributed by atoms with E-state index in [4.69, 9.17) is 10.9 Å². The van der Waals surface area contributed by atoms with E-state index in [1.165, 1.54) is 19.3 Å². The highest BCUT2D eigenvalue weighted by Gasteiger charge is 2.14. The van der Waals surface area contributed by atoms with Crippen LogP contribution in [0.2, 0.25) is 0 Å². The van der Waals surface area contributed by atoms with Crippen molar-refractivity contribution >= 4 is 5.84 Å². The fraction of sp³-hybridized carbons (Fsp3) is 0.571. The molecule has 19 heavy (non-hydrogen) atoms. The van der Waals surface area contributed by atoms with E-state index in [0.717, 1.165) is 31.1 Å². The van der Waals surface area contributed by atoms with Crippen molar-refractivity contribution in [3.63, 3.8) is 0 Å². The Labute approximate surface area is 114 Å². The van der Waals surface area contributed by atoms with Crippen LogP contribution in [0.15, 0.2) is 23.5 Å². The van der Waals surface area contributed by atoms with Crippen molar-refractivity contribution in [2.24, 2.45) is 16.8 Å². The third-order valence-electron chi connectivity index (χ3n) is 3.71. The van der Waals surface area contributed by atoms with E-state index in [2.05, 4.69) is 22.0 Å². The lowest BCUT2D eigenvalue weighted by atomic mass is 10.0. The second-order valence-corrected chi connectivity index (χ2v) is 5.35. The Morgan fingerprint density at radius 1 is 1.53 bits per heavy atom. The number of nitrogens with two attached hydrogens (primary N) is 1.